The van der Waals surface area contributed by atoms with Gasteiger partial charge in [-0.1, -0.05) is 36.8 Å². The summed E-state index contributed by atoms with van der Waals surface area (Å²) in [7, 11) is 3.62. The van der Waals surface area contributed by atoms with Crippen LogP contribution in [0.15, 0.2) is 30.5 Å². The third-order valence-corrected chi connectivity index (χ3v) is 3.26. The molecule has 4 heteroatoms. The van der Waals surface area contributed by atoms with E-state index in [0.29, 0.717) is 0 Å². The molecule has 2 rings (SSSR count). The summed E-state index contributed by atoms with van der Waals surface area (Å²) in [6, 6.07) is 8.64. The first-order chi connectivity index (χ1) is 9.17. The van der Waals surface area contributed by atoms with Crippen molar-refractivity contribution < 1.29 is 4.74 Å². The molecule has 2 aromatic rings. The molecule has 0 aliphatic rings. The molecule has 0 spiro atoms. The van der Waals surface area contributed by atoms with Crippen LogP contribution in [0.25, 0.3) is 0 Å². The summed E-state index contributed by atoms with van der Waals surface area (Å²) in [6.45, 7) is 5.08. The van der Waals surface area contributed by atoms with Crippen LogP contribution in [-0.4, -0.2) is 23.4 Å². The van der Waals surface area contributed by atoms with Crippen LogP contribution in [0.3, 0.4) is 0 Å². The number of methoxy groups -OCH3 is 1. The molecule has 0 amide bonds. The quantitative estimate of drug-likeness (QED) is 0.896. The molecule has 0 aliphatic carbocycles. The zero-order valence-corrected chi connectivity index (χ0v) is 12.0. The molecule has 1 atom stereocenters. The van der Waals surface area contributed by atoms with E-state index in [1.54, 1.807) is 13.3 Å². The molecule has 1 N–H and O–H groups in total. The van der Waals surface area contributed by atoms with Crippen molar-refractivity contribution in [3.8, 4) is 5.75 Å². The summed E-state index contributed by atoms with van der Waals surface area (Å²) in [6.07, 6.45) is 1.76. The van der Waals surface area contributed by atoms with E-state index in [1.807, 2.05) is 11.7 Å². The summed E-state index contributed by atoms with van der Waals surface area (Å²) in [5, 5.41) is 7.78. The van der Waals surface area contributed by atoms with Crippen LogP contribution < -0.4 is 10.1 Å². The van der Waals surface area contributed by atoms with Gasteiger partial charge in [0.2, 0.25) is 0 Å². The lowest BCUT2D eigenvalue weighted by Crippen LogP contribution is -2.24. The maximum absolute atomic E-state index is 5.42. The number of aryl methyl sites for hydroxylation is 2. The highest BCUT2D eigenvalue weighted by Gasteiger charge is 2.21. The van der Waals surface area contributed by atoms with Crippen molar-refractivity contribution in [1.82, 2.24) is 15.1 Å². The largest absolute Gasteiger partial charge is 0.493 e. The zero-order valence-electron chi connectivity index (χ0n) is 12.0. The fourth-order valence-corrected chi connectivity index (χ4v) is 2.25. The number of nitrogens with one attached hydrogen (secondary N) is 1. The molecule has 4 nitrogen and oxygen atoms in total. The number of ether oxygens (including phenoxy) is 1. The van der Waals surface area contributed by atoms with E-state index in [9.17, 15) is 0 Å². The lowest BCUT2D eigenvalue weighted by molar-refractivity contribution is 0.401. The van der Waals surface area contributed by atoms with E-state index < -0.39 is 0 Å². The molecule has 0 saturated carbocycles. The maximum Gasteiger partial charge on any atom is 0.161 e. The zero-order chi connectivity index (χ0) is 13.8. The molecule has 0 saturated heterocycles. The molecule has 102 valence electrons. The molecule has 1 unspecified atom stereocenters. The minimum Gasteiger partial charge on any atom is -0.493 e. The third kappa shape index (κ3) is 2.79. The van der Waals surface area contributed by atoms with Gasteiger partial charge in [0, 0.05) is 7.05 Å². The first-order valence-electron chi connectivity index (χ1n) is 6.53. The summed E-state index contributed by atoms with van der Waals surface area (Å²) in [5.41, 5.74) is 3.53. The smallest absolute Gasteiger partial charge is 0.161 e. The Bertz CT molecular complexity index is 531. The molecule has 19 heavy (non-hydrogen) atoms. The van der Waals surface area contributed by atoms with Crippen LogP contribution in [0.1, 0.15) is 29.8 Å². The van der Waals surface area contributed by atoms with E-state index in [4.69, 9.17) is 4.74 Å². The third-order valence-electron chi connectivity index (χ3n) is 3.26. The summed E-state index contributed by atoms with van der Waals surface area (Å²) >= 11 is 0. The van der Waals surface area contributed by atoms with Gasteiger partial charge in [-0.15, -0.1) is 0 Å². The Morgan fingerprint density at radius 2 is 2.00 bits per heavy atom. The van der Waals surface area contributed by atoms with Crippen LogP contribution in [0.2, 0.25) is 0 Å². The standard InChI is InChI=1S/C15H21N3O/c1-5-16-14(12-8-6-11(2)7-9-12)15-13(19-4)10-17-18(15)3/h6-10,14,16H,5H2,1-4H3. The second-order valence-electron chi connectivity index (χ2n) is 4.62. The Balaban J connectivity index is 2.44. The normalized spacial score (nSPS) is 12.4. The van der Waals surface area contributed by atoms with Gasteiger partial charge in [0.15, 0.2) is 5.75 Å². The number of rotatable bonds is 5. The van der Waals surface area contributed by atoms with Crippen LogP contribution >= 0.6 is 0 Å². The molecule has 1 aromatic carbocycles. The minimum atomic E-state index is 0.0908. The van der Waals surface area contributed by atoms with E-state index in [-0.39, 0.29) is 6.04 Å². The Morgan fingerprint density at radius 1 is 1.32 bits per heavy atom. The molecule has 0 aliphatic heterocycles. The Hall–Kier alpha value is -1.81. The fraction of sp³-hybridized carbons (Fsp3) is 0.400. The molecule has 0 fully saturated rings. The monoisotopic (exact) mass is 259 g/mol. The topological polar surface area (TPSA) is 39.1 Å². The van der Waals surface area contributed by atoms with Gasteiger partial charge >= 0.3 is 0 Å². The van der Waals surface area contributed by atoms with Gasteiger partial charge in [0.25, 0.3) is 0 Å². The Kier molecular flexibility index (Phi) is 4.22. The van der Waals surface area contributed by atoms with Crippen LogP contribution in [0.5, 0.6) is 5.75 Å². The number of hydrogen-bond acceptors (Lipinski definition) is 3. The summed E-state index contributed by atoms with van der Waals surface area (Å²) in [5.74, 6) is 0.814. The average Bonchev–Trinajstić information content (AvgIpc) is 2.78. The minimum absolute atomic E-state index is 0.0908. The average molecular weight is 259 g/mol. The number of benzene rings is 1. The lowest BCUT2D eigenvalue weighted by Gasteiger charge is -2.20. The second-order valence-corrected chi connectivity index (χ2v) is 4.62. The van der Waals surface area contributed by atoms with Crippen molar-refractivity contribution in [2.45, 2.75) is 19.9 Å². The van der Waals surface area contributed by atoms with Crippen molar-refractivity contribution in [1.29, 1.82) is 0 Å². The summed E-state index contributed by atoms with van der Waals surface area (Å²) in [4.78, 5) is 0. The molecular formula is C15H21N3O. The van der Waals surface area contributed by atoms with Gasteiger partial charge in [0.05, 0.1) is 19.3 Å². The highest BCUT2D eigenvalue weighted by Crippen LogP contribution is 2.29. The van der Waals surface area contributed by atoms with Crippen molar-refractivity contribution in [3.05, 3.63) is 47.3 Å². The number of hydrogen-bond donors (Lipinski definition) is 1. The predicted molar refractivity (Wildman–Crippen MR) is 76.5 cm³/mol. The second kappa shape index (κ2) is 5.89. The maximum atomic E-state index is 5.42. The van der Waals surface area contributed by atoms with Gasteiger partial charge in [-0.2, -0.15) is 5.10 Å². The summed E-state index contributed by atoms with van der Waals surface area (Å²) < 4.78 is 7.28. The highest BCUT2D eigenvalue weighted by atomic mass is 16.5. The van der Waals surface area contributed by atoms with Crippen LogP contribution in [0, 0.1) is 6.92 Å². The Morgan fingerprint density at radius 3 is 2.58 bits per heavy atom. The molecule has 1 heterocycles. The molecule has 0 radical (unpaired) electrons. The van der Waals surface area contributed by atoms with Crippen LogP contribution in [0.4, 0.5) is 0 Å². The molecule has 1 aromatic heterocycles. The number of nitrogens with zero attached hydrogens (tertiary/aromatic N) is 2. The van der Waals surface area contributed by atoms with Crippen LogP contribution in [-0.2, 0) is 7.05 Å². The van der Waals surface area contributed by atoms with Crippen molar-refractivity contribution in [2.24, 2.45) is 7.05 Å². The van der Waals surface area contributed by atoms with E-state index in [2.05, 4.69) is 48.5 Å². The van der Waals surface area contributed by atoms with Gasteiger partial charge in [-0.25, -0.2) is 0 Å². The predicted octanol–water partition coefficient (Wildman–Crippen LogP) is 2.44. The molecular weight excluding hydrogens is 238 g/mol. The van der Waals surface area contributed by atoms with E-state index in [0.717, 1.165) is 18.0 Å². The van der Waals surface area contributed by atoms with E-state index in [1.165, 1.54) is 11.1 Å². The fourth-order valence-electron chi connectivity index (χ4n) is 2.25. The number of aromatic nitrogens is 2. The van der Waals surface area contributed by atoms with Gasteiger partial charge < -0.3 is 10.1 Å². The highest BCUT2D eigenvalue weighted by molar-refractivity contribution is 5.37. The van der Waals surface area contributed by atoms with Gasteiger partial charge in [0.1, 0.15) is 5.69 Å². The van der Waals surface area contributed by atoms with Crippen molar-refractivity contribution >= 4 is 0 Å². The van der Waals surface area contributed by atoms with Gasteiger partial charge in [-0.05, 0) is 19.0 Å². The van der Waals surface area contributed by atoms with Crippen molar-refractivity contribution in [3.63, 3.8) is 0 Å². The van der Waals surface area contributed by atoms with Crippen molar-refractivity contribution in [2.75, 3.05) is 13.7 Å². The Labute approximate surface area is 114 Å². The lowest BCUT2D eigenvalue weighted by atomic mass is 10.0. The first kappa shape index (κ1) is 13.6. The van der Waals surface area contributed by atoms with Gasteiger partial charge in [-0.3, -0.25) is 4.68 Å². The first-order valence-corrected chi connectivity index (χ1v) is 6.53. The molecule has 0 bridgehead atoms. The SMILES string of the molecule is CCNC(c1ccc(C)cc1)c1c(OC)cnn1C. The van der Waals surface area contributed by atoms with E-state index >= 15 is 0 Å².